The molecule has 0 aliphatic carbocycles. The molecular weight excluding hydrogens is 190 g/mol. The number of hydrogen-bond acceptors (Lipinski definition) is 3. The third-order valence-corrected chi connectivity index (χ3v) is 2.30. The zero-order valence-corrected chi connectivity index (χ0v) is 8.51. The van der Waals surface area contributed by atoms with E-state index in [0.29, 0.717) is 6.54 Å². The highest BCUT2D eigenvalue weighted by Gasteiger charge is 2.05. The Kier molecular flexibility index (Phi) is 2.43. The fourth-order valence-electron chi connectivity index (χ4n) is 1.53. The van der Waals surface area contributed by atoms with Crippen molar-refractivity contribution in [2.75, 3.05) is 0 Å². The van der Waals surface area contributed by atoms with Crippen molar-refractivity contribution in [3.8, 4) is 17.0 Å². The van der Waals surface area contributed by atoms with Crippen LogP contribution in [0.4, 0.5) is 0 Å². The lowest BCUT2D eigenvalue weighted by molar-refractivity contribution is 0.475. The van der Waals surface area contributed by atoms with E-state index in [4.69, 9.17) is 5.73 Å². The predicted octanol–water partition coefficient (Wildman–Crippen LogP) is 1.25. The Bertz CT molecular complexity index is 459. The SMILES string of the molecule is Cn1nc(CN)cc1-c1ccc(O)cc1. The number of hydrogen-bond donors (Lipinski definition) is 2. The maximum Gasteiger partial charge on any atom is 0.115 e. The summed E-state index contributed by atoms with van der Waals surface area (Å²) in [5.41, 5.74) is 8.39. The quantitative estimate of drug-likeness (QED) is 0.772. The molecule has 78 valence electrons. The van der Waals surface area contributed by atoms with E-state index in [9.17, 15) is 5.11 Å². The lowest BCUT2D eigenvalue weighted by atomic mass is 10.1. The Balaban J connectivity index is 2.44. The molecule has 1 aromatic heterocycles. The van der Waals surface area contributed by atoms with Crippen LogP contribution in [0, 0.1) is 0 Å². The van der Waals surface area contributed by atoms with Crippen molar-refractivity contribution in [1.82, 2.24) is 9.78 Å². The van der Waals surface area contributed by atoms with Gasteiger partial charge < -0.3 is 10.8 Å². The Morgan fingerprint density at radius 2 is 2.00 bits per heavy atom. The van der Waals surface area contributed by atoms with Crippen LogP contribution < -0.4 is 5.73 Å². The van der Waals surface area contributed by atoms with E-state index in [1.165, 1.54) is 0 Å². The normalized spacial score (nSPS) is 10.5. The second-order valence-electron chi connectivity index (χ2n) is 3.40. The number of aromatic hydroxyl groups is 1. The molecule has 3 N–H and O–H groups in total. The molecule has 1 aromatic carbocycles. The Labute approximate surface area is 88.0 Å². The maximum atomic E-state index is 9.18. The minimum absolute atomic E-state index is 0.264. The molecular formula is C11H13N3O. The highest BCUT2D eigenvalue weighted by atomic mass is 16.3. The van der Waals surface area contributed by atoms with E-state index in [1.54, 1.807) is 16.8 Å². The first kappa shape index (κ1) is 9.73. The molecule has 0 bridgehead atoms. The van der Waals surface area contributed by atoms with Crippen molar-refractivity contribution < 1.29 is 5.11 Å². The average Bonchev–Trinajstić information content (AvgIpc) is 2.61. The summed E-state index contributed by atoms with van der Waals surface area (Å²) in [5.74, 6) is 0.264. The van der Waals surface area contributed by atoms with Gasteiger partial charge in [-0.1, -0.05) is 0 Å². The van der Waals surface area contributed by atoms with Gasteiger partial charge in [-0.3, -0.25) is 4.68 Å². The number of rotatable bonds is 2. The third-order valence-electron chi connectivity index (χ3n) is 2.30. The average molecular weight is 203 g/mol. The lowest BCUT2D eigenvalue weighted by Crippen LogP contribution is -1.98. The van der Waals surface area contributed by atoms with Gasteiger partial charge in [0.25, 0.3) is 0 Å². The summed E-state index contributed by atoms with van der Waals surface area (Å²) in [6.45, 7) is 0.436. The van der Waals surface area contributed by atoms with Gasteiger partial charge in [0.1, 0.15) is 5.75 Å². The van der Waals surface area contributed by atoms with Gasteiger partial charge in [-0.15, -0.1) is 0 Å². The van der Waals surface area contributed by atoms with Crippen molar-refractivity contribution in [3.63, 3.8) is 0 Å². The summed E-state index contributed by atoms with van der Waals surface area (Å²) < 4.78 is 1.79. The first-order valence-corrected chi connectivity index (χ1v) is 4.73. The summed E-state index contributed by atoms with van der Waals surface area (Å²) in [6, 6.07) is 8.97. The molecule has 0 spiro atoms. The number of phenolic OH excluding ortho intramolecular Hbond substituents is 1. The van der Waals surface area contributed by atoms with Crippen LogP contribution in [0.1, 0.15) is 5.69 Å². The van der Waals surface area contributed by atoms with Crippen LogP contribution >= 0.6 is 0 Å². The van der Waals surface area contributed by atoms with Crippen molar-refractivity contribution in [3.05, 3.63) is 36.0 Å². The third kappa shape index (κ3) is 1.85. The zero-order valence-electron chi connectivity index (χ0n) is 8.51. The Morgan fingerprint density at radius 1 is 1.33 bits per heavy atom. The van der Waals surface area contributed by atoms with E-state index < -0.39 is 0 Å². The molecule has 0 saturated heterocycles. The molecule has 1 heterocycles. The number of aryl methyl sites for hydroxylation is 1. The van der Waals surface area contributed by atoms with Gasteiger partial charge in [-0.2, -0.15) is 5.10 Å². The summed E-state index contributed by atoms with van der Waals surface area (Å²) >= 11 is 0. The van der Waals surface area contributed by atoms with Gasteiger partial charge in [0.15, 0.2) is 0 Å². The highest BCUT2D eigenvalue weighted by Crippen LogP contribution is 2.21. The van der Waals surface area contributed by atoms with Crippen molar-refractivity contribution in [2.24, 2.45) is 12.8 Å². The number of benzene rings is 1. The second-order valence-corrected chi connectivity index (χ2v) is 3.40. The Morgan fingerprint density at radius 3 is 2.53 bits per heavy atom. The summed E-state index contributed by atoms with van der Waals surface area (Å²) in [7, 11) is 1.88. The Hall–Kier alpha value is -1.81. The van der Waals surface area contributed by atoms with Crippen LogP contribution in [0.3, 0.4) is 0 Å². The highest BCUT2D eigenvalue weighted by molar-refractivity contribution is 5.60. The van der Waals surface area contributed by atoms with Crippen LogP contribution in [0.15, 0.2) is 30.3 Å². The van der Waals surface area contributed by atoms with Crippen molar-refractivity contribution >= 4 is 0 Å². The van der Waals surface area contributed by atoms with Crippen LogP contribution in [-0.2, 0) is 13.6 Å². The topological polar surface area (TPSA) is 64.1 Å². The summed E-state index contributed by atoms with van der Waals surface area (Å²) in [5, 5.41) is 13.4. The molecule has 2 aromatic rings. The number of nitrogens with two attached hydrogens (primary N) is 1. The van der Waals surface area contributed by atoms with E-state index in [-0.39, 0.29) is 5.75 Å². The standard InChI is InChI=1S/C11H13N3O/c1-14-11(6-9(7-12)13-14)8-2-4-10(15)5-3-8/h2-6,15H,7,12H2,1H3. The number of aromatic nitrogens is 2. The molecule has 0 atom stereocenters. The summed E-state index contributed by atoms with van der Waals surface area (Å²) in [6.07, 6.45) is 0. The van der Waals surface area contributed by atoms with Crippen molar-refractivity contribution in [1.29, 1.82) is 0 Å². The number of phenols is 1. The fourth-order valence-corrected chi connectivity index (χ4v) is 1.53. The van der Waals surface area contributed by atoms with Gasteiger partial charge in [0, 0.05) is 19.2 Å². The maximum absolute atomic E-state index is 9.18. The van der Waals surface area contributed by atoms with E-state index >= 15 is 0 Å². The van der Waals surface area contributed by atoms with Crippen LogP contribution in [0.2, 0.25) is 0 Å². The molecule has 0 fully saturated rings. The van der Waals surface area contributed by atoms with E-state index in [0.717, 1.165) is 17.0 Å². The molecule has 0 radical (unpaired) electrons. The molecule has 4 heteroatoms. The van der Waals surface area contributed by atoms with Crippen molar-refractivity contribution in [2.45, 2.75) is 6.54 Å². The zero-order chi connectivity index (χ0) is 10.8. The fraction of sp³-hybridized carbons (Fsp3) is 0.182. The summed E-state index contributed by atoms with van der Waals surface area (Å²) in [4.78, 5) is 0. The molecule has 0 unspecified atom stereocenters. The predicted molar refractivity (Wildman–Crippen MR) is 58.2 cm³/mol. The van der Waals surface area contributed by atoms with Gasteiger partial charge in [-0.25, -0.2) is 0 Å². The van der Waals surface area contributed by atoms with Crippen LogP contribution in [0.25, 0.3) is 11.3 Å². The molecule has 15 heavy (non-hydrogen) atoms. The van der Waals surface area contributed by atoms with Crippen LogP contribution in [0.5, 0.6) is 5.75 Å². The van der Waals surface area contributed by atoms with Crippen LogP contribution in [-0.4, -0.2) is 14.9 Å². The largest absolute Gasteiger partial charge is 0.508 e. The molecule has 0 saturated carbocycles. The van der Waals surface area contributed by atoms with E-state index in [1.807, 2.05) is 25.2 Å². The first-order valence-electron chi connectivity index (χ1n) is 4.73. The van der Waals surface area contributed by atoms with Gasteiger partial charge in [0.2, 0.25) is 0 Å². The molecule has 0 amide bonds. The first-order chi connectivity index (χ1) is 7.20. The minimum Gasteiger partial charge on any atom is -0.508 e. The number of nitrogens with zero attached hydrogens (tertiary/aromatic N) is 2. The second kappa shape index (κ2) is 3.74. The minimum atomic E-state index is 0.264. The van der Waals surface area contributed by atoms with Gasteiger partial charge in [0.05, 0.1) is 11.4 Å². The molecule has 0 aliphatic heterocycles. The molecule has 2 rings (SSSR count). The smallest absolute Gasteiger partial charge is 0.115 e. The molecule has 4 nitrogen and oxygen atoms in total. The monoisotopic (exact) mass is 203 g/mol. The molecule has 0 aliphatic rings. The van der Waals surface area contributed by atoms with E-state index in [2.05, 4.69) is 5.10 Å². The van der Waals surface area contributed by atoms with Gasteiger partial charge in [-0.05, 0) is 30.3 Å². The van der Waals surface area contributed by atoms with Gasteiger partial charge >= 0.3 is 0 Å². The lowest BCUT2D eigenvalue weighted by Gasteiger charge is -2.01.